The fourth-order valence-electron chi connectivity index (χ4n) is 5.50. The molecule has 0 spiro atoms. The van der Waals surface area contributed by atoms with Gasteiger partial charge in [-0.15, -0.1) is 6.58 Å². The topological polar surface area (TPSA) is 49.7 Å². The summed E-state index contributed by atoms with van der Waals surface area (Å²) in [6, 6.07) is 0. The fourth-order valence-corrected chi connectivity index (χ4v) is 5.50. The molecule has 1 unspecified atom stereocenters. The molecule has 3 heteroatoms. The molecule has 0 heterocycles. The van der Waals surface area contributed by atoms with Crippen molar-refractivity contribution in [2.45, 2.75) is 70.4 Å². The molecule has 0 aromatic carbocycles. The van der Waals surface area contributed by atoms with E-state index in [9.17, 15) is 10.2 Å². The van der Waals surface area contributed by atoms with E-state index < -0.39 is 5.60 Å². The standard InChI is InChI=1S/C18H30O3/c1-6-7-18(5,20)12-9-10-8-11-15(19)14(12)13(10)16(11)21-17(2,3)4/h6,10-16,19-20H,1,7-9H2,2-5H3/t10-,11+,12-,13-,14+,15+,16+,18?/m0/s1. The van der Waals surface area contributed by atoms with Gasteiger partial charge < -0.3 is 14.9 Å². The van der Waals surface area contributed by atoms with Crippen LogP contribution in [0.4, 0.5) is 0 Å². The van der Waals surface area contributed by atoms with Gasteiger partial charge in [0.25, 0.3) is 0 Å². The molecule has 0 radical (unpaired) electrons. The van der Waals surface area contributed by atoms with Crippen LogP contribution in [0.2, 0.25) is 0 Å². The monoisotopic (exact) mass is 294 g/mol. The molecule has 2 N–H and O–H groups in total. The third-order valence-corrected chi connectivity index (χ3v) is 6.07. The number of aliphatic hydroxyl groups is 2. The van der Waals surface area contributed by atoms with Crippen molar-refractivity contribution in [3.63, 3.8) is 0 Å². The van der Waals surface area contributed by atoms with Crippen molar-refractivity contribution < 1.29 is 14.9 Å². The van der Waals surface area contributed by atoms with Gasteiger partial charge in [0.2, 0.25) is 0 Å². The highest BCUT2D eigenvalue weighted by Gasteiger charge is 2.67. The molecule has 21 heavy (non-hydrogen) atoms. The van der Waals surface area contributed by atoms with Crippen LogP contribution in [0, 0.1) is 29.6 Å². The van der Waals surface area contributed by atoms with Crippen LogP contribution in [0.3, 0.4) is 0 Å². The van der Waals surface area contributed by atoms with Crippen molar-refractivity contribution in [2.24, 2.45) is 29.6 Å². The average Bonchev–Trinajstić information content (AvgIpc) is 2.87. The Kier molecular flexibility index (Phi) is 3.55. The van der Waals surface area contributed by atoms with Crippen LogP contribution in [-0.2, 0) is 4.74 Å². The van der Waals surface area contributed by atoms with Crippen molar-refractivity contribution in [3.8, 4) is 0 Å². The predicted molar refractivity (Wildman–Crippen MR) is 82.8 cm³/mol. The molecule has 3 rings (SSSR count). The van der Waals surface area contributed by atoms with Crippen LogP contribution in [0.15, 0.2) is 12.7 Å². The molecule has 3 fully saturated rings. The zero-order chi connectivity index (χ0) is 15.6. The summed E-state index contributed by atoms with van der Waals surface area (Å²) in [4.78, 5) is 0. The van der Waals surface area contributed by atoms with E-state index in [1.807, 2.05) is 6.92 Å². The van der Waals surface area contributed by atoms with E-state index in [0.29, 0.717) is 18.3 Å². The van der Waals surface area contributed by atoms with Gasteiger partial charge in [-0.05, 0) is 70.6 Å². The van der Waals surface area contributed by atoms with E-state index in [2.05, 4.69) is 27.4 Å². The Balaban J connectivity index is 1.84. The molecule has 120 valence electrons. The number of rotatable bonds is 4. The lowest BCUT2D eigenvalue weighted by molar-refractivity contribution is -0.0863. The van der Waals surface area contributed by atoms with Crippen molar-refractivity contribution in [3.05, 3.63) is 12.7 Å². The van der Waals surface area contributed by atoms with E-state index >= 15 is 0 Å². The third kappa shape index (κ3) is 2.38. The highest BCUT2D eigenvalue weighted by Crippen LogP contribution is 2.65. The van der Waals surface area contributed by atoms with Gasteiger partial charge in [0, 0.05) is 5.92 Å². The molecular weight excluding hydrogens is 264 g/mol. The summed E-state index contributed by atoms with van der Waals surface area (Å²) >= 11 is 0. The molecule has 2 bridgehead atoms. The fraction of sp³-hybridized carbons (Fsp3) is 0.889. The van der Waals surface area contributed by atoms with E-state index in [-0.39, 0.29) is 35.6 Å². The van der Waals surface area contributed by atoms with Crippen LogP contribution in [0.25, 0.3) is 0 Å². The zero-order valence-electron chi connectivity index (χ0n) is 13.7. The summed E-state index contributed by atoms with van der Waals surface area (Å²) in [5, 5.41) is 21.6. The van der Waals surface area contributed by atoms with Crippen LogP contribution in [0.5, 0.6) is 0 Å². The van der Waals surface area contributed by atoms with Gasteiger partial charge in [0.05, 0.1) is 23.4 Å². The second kappa shape index (κ2) is 4.81. The summed E-state index contributed by atoms with van der Waals surface area (Å²) in [6.45, 7) is 11.9. The third-order valence-electron chi connectivity index (χ3n) is 6.07. The second-order valence-corrected chi connectivity index (χ2v) is 8.69. The summed E-state index contributed by atoms with van der Waals surface area (Å²) in [5.41, 5.74) is -0.931. The van der Waals surface area contributed by atoms with Crippen molar-refractivity contribution in [1.29, 1.82) is 0 Å². The van der Waals surface area contributed by atoms with Crippen molar-refractivity contribution >= 4 is 0 Å². The molecular formula is C18H30O3. The van der Waals surface area contributed by atoms with Gasteiger partial charge in [-0.2, -0.15) is 0 Å². The minimum absolute atomic E-state index is 0.166. The summed E-state index contributed by atoms with van der Waals surface area (Å²) in [6.07, 6.45) is 4.32. The molecule has 0 amide bonds. The number of hydrogen-bond donors (Lipinski definition) is 2. The van der Waals surface area contributed by atoms with E-state index in [1.54, 1.807) is 6.08 Å². The van der Waals surface area contributed by atoms with Gasteiger partial charge in [-0.25, -0.2) is 0 Å². The molecule has 3 saturated carbocycles. The molecule has 3 aliphatic rings. The SMILES string of the molecule is C=CCC(C)(O)[C@H]1C[C@@H]2C[C@@H]3[C@@H](O)[C@H]1[C@H]2[C@@H]3OC(C)(C)C. The number of aliphatic hydroxyl groups excluding tert-OH is 1. The highest BCUT2D eigenvalue weighted by molar-refractivity contribution is 5.16. The largest absolute Gasteiger partial charge is 0.392 e. The first-order valence-electron chi connectivity index (χ1n) is 8.35. The Morgan fingerprint density at radius 2 is 1.86 bits per heavy atom. The molecule has 0 aromatic heterocycles. The lowest BCUT2D eigenvalue weighted by Crippen LogP contribution is -2.41. The smallest absolute Gasteiger partial charge is 0.0685 e. The second-order valence-electron chi connectivity index (χ2n) is 8.69. The highest BCUT2D eigenvalue weighted by atomic mass is 16.5. The molecule has 3 aliphatic carbocycles. The van der Waals surface area contributed by atoms with Gasteiger partial charge in [0.1, 0.15) is 0 Å². The van der Waals surface area contributed by atoms with Gasteiger partial charge >= 0.3 is 0 Å². The Labute approximate surface area is 128 Å². The first-order chi connectivity index (χ1) is 9.65. The maximum atomic E-state index is 10.8. The normalized spacial score (nSPS) is 47.6. The lowest BCUT2D eigenvalue weighted by Gasteiger charge is -2.35. The number of hydrogen-bond acceptors (Lipinski definition) is 3. The van der Waals surface area contributed by atoms with Crippen molar-refractivity contribution in [2.75, 3.05) is 0 Å². The summed E-state index contributed by atoms with van der Waals surface area (Å²) in [5.74, 6) is 1.64. The Bertz CT molecular complexity index is 423. The first kappa shape index (κ1) is 15.5. The number of ether oxygens (including phenoxy) is 1. The van der Waals surface area contributed by atoms with Gasteiger partial charge in [-0.1, -0.05) is 6.08 Å². The summed E-state index contributed by atoms with van der Waals surface area (Å²) in [7, 11) is 0. The minimum Gasteiger partial charge on any atom is -0.392 e. The Morgan fingerprint density at radius 3 is 2.43 bits per heavy atom. The quantitative estimate of drug-likeness (QED) is 0.784. The lowest BCUT2D eigenvalue weighted by atomic mass is 9.76. The molecule has 0 aromatic rings. The maximum Gasteiger partial charge on any atom is 0.0685 e. The zero-order valence-corrected chi connectivity index (χ0v) is 13.7. The van der Waals surface area contributed by atoms with Crippen LogP contribution in [0.1, 0.15) is 47.0 Å². The molecule has 0 aliphatic heterocycles. The van der Waals surface area contributed by atoms with Gasteiger partial charge in [-0.3, -0.25) is 0 Å². The molecule has 8 atom stereocenters. The predicted octanol–water partition coefficient (Wildman–Crippen LogP) is 2.76. The average molecular weight is 294 g/mol. The molecule has 0 saturated heterocycles. The minimum atomic E-state index is -0.758. The van der Waals surface area contributed by atoms with Gasteiger partial charge in [0.15, 0.2) is 0 Å². The van der Waals surface area contributed by atoms with E-state index in [1.165, 1.54) is 0 Å². The number of fused-ring (bicyclic) bond motifs is 1. The maximum absolute atomic E-state index is 10.8. The van der Waals surface area contributed by atoms with Crippen LogP contribution in [-0.4, -0.2) is 33.6 Å². The van der Waals surface area contributed by atoms with Crippen LogP contribution < -0.4 is 0 Å². The Hall–Kier alpha value is -0.380. The Morgan fingerprint density at radius 1 is 1.19 bits per heavy atom. The van der Waals surface area contributed by atoms with Crippen LogP contribution >= 0.6 is 0 Å². The molecule has 3 nitrogen and oxygen atoms in total. The first-order valence-corrected chi connectivity index (χ1v) is 8.35. The van der Waals surface area contributed by atoms with E-state index in [4.69, 9.17) is 4.74 Å². The summed E-state index contributed by atoms with van der Waals surface area (Å²) < 4.78 is 6.30. The van der Waals surface area contributed by atoms with E-state index in [0.717, 1.165) is 12.8 Å². The van der Waals surface area contributed by atoms with Crippen molar-refractivity contribution in [1.82, 2.24) is 0 Å².